The third-order valence-electron chi connectivity index (χ3n) is 3.17. The van der Waals surface area contributed by atoms with Crippen molar-refractivity contribution in [2.45, 2.75) is 44.6 Å². The molecule has 0 aliphatic carbocycles. The quantitative estimate of drug-likeness (QED) is 0.592. The number of hydrogen-bond acceptors (Lipinski definition) is 5. The number of ether oxygens (including phenoxy) is 3. The highest BCUT2D eigenvalue weighted by Gasteiger charge is 2.55. The molecule has 0 amide bonds. The van der Waals surface area contributed by atoms with Crippen molar-refractivity contribution >= 4 is 0 Å². The standard InChI is InChI=1S/C10H18O5/c1-6-7(11)10(15-8(6)12)4-13-9(2,3)14-5-10/h6-8,11-12H,4-5H2,1-3H3. The van der Waals surface area contributed by atoms with Crippen molar-refractivity contribution < 1.29 is 24.4 Å². The van der Waals surface area contributed by atoms with Crippen molar-refractivity contribution in [1.29, 1.82) is 0 Å². The molecule has 0 aromatic rings. The summed E-state index contributed by atoms with van der Waals surface area (Å²) in [6.45, 7) is 5.83. The van der Waals surface area contributed by atoms with Crippen LogP contribution in [0.4, 0.5) is 0 Å². The topological polar surface area (TPSA) is 68.2 Å². The van der Waals surface area contributed by atoms with Crippen LogP contribution >= 0.6 is 0 Å². The van der Waals surface area contributed by atoms with Gasteiger partial charge in [0.05, 0.1) is 19.3 Å². The first-order chi connectivity index (χ1) is 6.86. The molecular formula is C10H18O5. The van der Waals surface area contributed by atoms with E-state index in [4.69, 9.17) is 14.2 Å². The highest BCUT2D eigenvalue weighted by atomic mass is 16.7. The van der Waals surface area contributed by atoms with Crippen LogP contribution < -0.4 is 0 Å². The Morgan fingerprint density at radius 3 is 2.07 bits per heavy atom. The molecule has 0 saturated carbocycles. The molecule has 88 valence electrons. The minimum Gasteiger partial charge on any atom is -0.389 e. The van der Waals surface area contributed by atoms with Crippen molar-refractivity contribution in [2.75, 3.05) is 13.2 Å². The van der Waals surface area contributed by atoms with E-state index in [1.54, 1.807) is 20.8 Å². The van der Waals surface area contributed by atoms with Crippen LogP contribution in [0, 0.1) is 5.92 Å². The molecule has 2 aliphatic rings. The third kappa shape index (κ3) is 1.79. The Bertz CT molecular complexity index is 242. The molecule has 5 heteroatoms. The van der Waals surface area contributed by atoms with Gasteiger partial charge in [0, 0.05) is 5.92 Å². The summed E-state index contributed by atoms with van der Waals surface area (Å²) >= 11 is 0. The van der Waals surface area contributed by atoms with Gasteiger partial charge in [0.15, 0.2) is 12.1 Å². The van der Waals surface area contributed by atoms with Crippen LogP contribution in [0.3, 0.4) is 0 Å². The molecule has 2 saturated heterocycles. The molecule has 0 aromatic heterocycles. The first-order valence-electron chi connectivity index (χ1n) is 5.18. The monoisotopic (exact) mass is 218 g/mol. The van der Waals surface area contributed by atoms with Gasteiger partial charge < -0.3 is 24.4 Å². The fourth-order valence-electron chi connectivity index (χ4n) is 1.97. The average Bonchev–Trinajstić information content (AvgIpc) is 2.38. The summed E-state index contributed by atoms with van der Waals surface area (Å²) in [5.74, 6) is -0.969. The van der Waals surface area contributed by atoms with Gasteiger partial charge in [0.1, 0.15) is 5.60 Å². The zero-order valence-electron chi connectivity index (χ0n) is 9.27. The minimum atomic E-state index is -0.951. The molecule has 0 radical (unpaired) electrons. The summed E-state index contributed by atoms with van der Waals surface area (Å²) in [4.78, 5) is 0. The van der Waals surface area contributed by atoms with E-state index in [1.165, 1.54) is 0 Å². The highest BCUT2D eigenvalue weighted by molar-refractivity contribution is 4.99. The van der Waals surface area contributed by atoms with Crippen LogP contribution in [0.2, 0.25) is 0 Å². The largest absolute Gasteiger partial charge is 0.389 e. The molecule has 2 N–H and O–H groups in total. The zero-order valence-corrected chi connectivity index (χ0v) is 9.27. The van der Waals surface area contributed by atoms with Crippen molar-refractivity contribution in [3.63, 3.8) is 0 Å². The molecule has 2 aliphatic heterocycles. The highest BCUT2D eigenvalue weighted by Crippen LogP contribution is 2.39. The number of aliphatic hydroxyl groups is 2. The van der Waals surface area contributed by atoms with E-state index in [0.717, 1.165) is 0 Å². The van der Waals surface area contributed by atoms with Gasteiger partial charge in [-0.15, -0.1) is 0 Å². The predicted octanol–water partition coefficient (Wildman–Crippen LogP) is -0.146. The Morgan fingerprint density at radius 1 is 1.13 bits per heavy atom. The molecule has 0 aromatic carbocycles. The van der Waals surface area contributed by atoms with Crippen LogP contribution in [0.25, 0.3) is 0 Å². The molecule has 15 heavy (non-hydrogen) atoms. The Balaban J connectivity index is 2.10. The van der Waals surface area contributed by atoms with Gasteiger partial charge in [-0.05, 0) is 13.8 Å². The van der Waals surface area contributed by atoms with E-state index < -0.39 is 23.8 Å². The molecule has 3 unspecified atom stereocenters. The van der Waals surface area contributed by atoms with Crippen LogP contribution in [-0.2, 0) is 14.2 Å². The van der Waals surface area contributed by atoms with Gasteiger partial charge in [-0.25, -0.2) is 0 Å². The Hall–Kier alpha value is -0.200. The van der Waals surface area contributed by atoms with Crippen molar-refractivity contribution in [2.24, 2.45) is 5.92 Å². The van der Waals surface area contributed by atoms with Crippen LogP contribution in [-0.4, -0.2) is 47.2 Å². The number of rotatable bonds is 0. The fraction of sp³-hybridized carbons (Fsp3) is 1.00. The van der Waals surface area contributed by atoms with E-state index >= 15 is 0 Å². The maximum atomic E-state index is 9.97. The van der Waals surface area contributed by atoms with E-state index in [-0.39, 0.29) is 19.1 Å². The molecule has 2 heterocycles. The maximum Gasteiger partial charge on any atom is 0.163 e. The lowest BCUT2D eigenvalue weighted by atomic mass is 9.91. The molecule has 2 rings (SSSR count). The molecule has 1 spiro atoms. The summed E-state index contributed by atoms with van der Waals surface area (Å²) < 4.78 is 16.3. The second-order valence-electron chi connectivity index (χ2n) is 4.85. The first-order valence-corrected chi connectivity index (χ1v) is 5.18. The smallest absolute Gasteiger partial charge is 0.163 e. The number of hydrogen-bond donors (Lipinski definition) is 2. The van der Waals surface area contributed by atoms with Crippen molar-refractivity contribution in [1.82, 2.24) is 0 Å². The molecule has 3 atom stereocenters. The summed E-state index contributed by atoms with van der Waals surface area (Å²) in [5.41, 5.74) is -0.908. The summed E-state index contributed by atoms with van der Waals surface area (Å²) in [5, 5.41) is 19.5. The number of aliphatic hydroxyl groups excluding tert-OH is 2. The first kappa shape index (κ1) is 11.3. The lowest BCUT2D eigenvalue weighted by Gasteiger charge is -2.42. The van der Waals surface area contributed by atoms with Gasteiger partial charge in [0.2, 0.25) is 0 Å². The normalized spacial score (nSPS) is 43.4. The Kier molecular flexibility index (Phi) is 2.56. The summed E-state index contributed by atoms with van der Waals surface area (Å²) in [6, 6.07) is 0. The summed E-state index contributed by atoms with van der Waals surface area (Å²) in [7, 11) is 0. The van der Waals surface area contributed by atoms with E-state index in [0.29, 0.717) is 0 Å². The Labute approximate surface area is 88.9 Å². The second kappa shape index (κ2) is 3.40. The van der Waals surface area contributed by atoms with Gasteiger partial charge >= 0.3 is 0 Å². The Morgan fingerprint density at radius 2 is 1.67 bits per heavy atom. The van der Waals surface area contributed by atoms with Crippen molar-refractivity contribution in [3.05, 3.63) is 0 Å². The molecular weight excluding hydrogens is 200 g/mol. The zero-order chi connectivity index (χ0) is 11.3. The maximum absolute atomic E-state index is 9.97. The SMILES string of the molecule is CC1C(O)OC2(COC(C)(C)OC2)C1O. The van der Waals surface area contributed by atoms with Crippen LogP contribution in [0.1, 0.15) is 20.8 Å². The third-order valence-corrected chi connectivity index (χ3v) is 3.17. The van der Waals surface area contributed by atoms with Crippen molar-refractivity contribution in [3.8, 4) is 0 Å². The van der Waals surface area contributed by atoms with Crippen LogP contribution in [0.5, 0.6) is 0 Å². The lowest BCUT2D eigenvalue weighted by Crippen LogP contribution is -2.57. The molecule has 5 nitrogen and oxygen atoms in total. The van der Waals surface area contributed by atoms with Crippen LogP contribution in [0.15, 0.2) is 0 Å². The van der Waals surface area contributed by atoms with E-state index in [1.807, 2.05) is 0 Å². The van der Waals surface area contributed by atoms with Gasteiger partial charge in [-0.1, -0.05) is 6.92 Å². The molecule has 0 bridgehead atoms. The van der Waals surface area contributed by atoms with Gasteiger partial charge in [-0.2, -0.15) is 0 Å². The second-order valence-corrected chi connectivity index (χ2v) is 4.85. The lowest BCUT2D eigenvalue weighted by molar-refractivity contribution is -0.324. The van der Waals surface area contributed by atoms with E-state index in [9.17, 15) is 10.2 Å². The van der Waals surface area contributed by atoms with E-state index in [2.05, 4.69) is 0 Å². The minimum absolute atomic E-state index is 0.239. The fourth-order valence-corrected chi connectivity index (χ4v) is 1.97. The summed E-state index contributed by atoms with van der Waals surface area (Å²) in [6.07, 6.45) is -1.71. The molecule has 2 fully saturated rings. The predicted molar refractivity (Wildman–Crippen MR) is 51.0 cm³/mol. The van der Waals surface area contributed by atoms with Gasteiger partial charge in [0.25, 0.3) is 0 Å². The van der Waals surface area contributed by atoms with Gasteiger partial charge in [-0.3, -0.25) is 0 Å². The average molecular weight is 218 g/mol.